The lowest BCUT2D eigenvalue weighted by atomic mass is 9.93. The summed E-state index contributed by atoms with van der Waals surface area (Å²) in [5, 5.41) is 12.4. The van der Waals surface area contributed by atoms with Crippen LogP contribution in [0.3, 0.4) is 0 Å². The van der Waals surface area contributed by atoms with Crippen molar-refractivity contribution in [3.63, 3.8) is 0 Å². The third-order valence-corrected chi connectivity index (χ3v) is 4.00. The number of aryl methyl sites for hydroxylation is 1. The minimum atomic E-state index is -1.45. The van der Waals surface area contributed by atoms with E-state index in [4.69, 9.17) is 16.3 Å². The van der Waals surface area contributed by atoms with Gasteiger partial charge in [-0.3, -0.25) is 0 Å². The van der Waals surface area contributed by atoms with Crippen molar-refractivity contribution in [3.05, 3.63) is 33.3 Å². The SMILES string of the molecule is CC(C)(C)OC(=O)N[C@@](C)(CCc1ccc(Br)cc1Cl)C(=O)O. The molecule has 128 valence electrons. The Balaban J connectivity index is 2.81. The highest BCUT2D eigenvalue weighted by atomic mass is 79.9. The molecule has 1 aromatic rings. The second kappa shape index (κ2) is 7.53. The highest BCUT2D eigenvalue weighted by Crippen LogP contribution is 2.25. The topological polar surface area (TPSA) is 75.6 Å². The molecule has 0 saturated carbocycles. The van der Waals surface area contributed by atoms with Gasteiger partial charge in [-0.2, -0.15) is 0 Å². The van der Waals surface area contributed by atoms with E-state index in [1.165, 1.54) is 6.92 Å². The predicted octanol–water partition coefficient (Wildman–Crippen LogP) is 4.40. The molecule has 0 aliphatic heterocycles. The van der Waals surface area contributed by atoms with Gasteiger partial charge in [0.2, 0.25) is 0 Å². The Hall–Kier alpha value is -1.27. The number of nitrogens with one attached hydrogen (secondary N) is 1. The largest absolute Gasteiger partial charge is 0.480 e. The predicted molar refractivity (Wildman–Crippen MR) is 92.9 cm³/mol. The van der Waals surface area contributed by atoms with Gasteiger partial charge in [0.05, 0.1) is 0 Å². The average molecular weight is 407 g/mol. The molecule has 2 N–H and O–H groups in total. The van der Waals surface area contributed by atoms with Crippen molar-refractivity contribution in [1.82, 2.24) is 5.32 Å². The summed E-state index contributed by atoms with van der Waals surface area (Å²) < 4.78 is 5.98. The first kappa shape index (κ1) is 19.8. The highest BCUT2D eigenvalue weighted by molar-refractivity contribution is 9.10. The number of hydrogen-bond acceptors (Lipinski definition) is 3. The maximum atomic E-state index is 11.9. The van der Waals surface area contributed by atoms with E-state index in [0.29, 0.717) is 11.4 Å². The summed E-state index contributed by atoms with van der Waals surface area (Å²) in [7, 11) is 0. The zero-order chi connectivity index (χ0) is 17.8. The van der Waals surface area contributed by atoms with Crippen LogP contribution in [0.25, 0.3) is 0 Å². The van der Waals surface area contributed by atoms with E-state index in [2.05, 4.69) is 21.2 Å². The lowest BCUT2D eigenvalue weighted by Gasteiger charge is -2.28. The van der Waals surface area contributed by atoms with E-state index in [0.717, 1.165) is 10.0 Å². The van der Waals surface area contributed by atoms with Crippen LogP contribution in [0.4, 0.5) is 4.79 Å². The molecule has 0 aromatic heterocycles. The van der Waals surface area contributed by atoms with Gasteiger partial charge in [-0.05, 0) is 58.2 Å². The summed E-state index contributed by atoms with van der Waals surface area (Å²) in [6.07, 6.45) is -0.169. The van der Waals surface area contributed by atoms with Gasteiger partial charge >= 0.3 is 12.1 Å². The van der Waals surface area contributed by atoms with Gasteiger partial charge in [0.25, 0.3) is 0 Å². The second-order valence-electron chi connectivity index (χ2n) is 6.50. The van der Waals surface area contributed by atoms with Crippen LogP contribution in [0.15, 0.2) is 22.7 Å². The molecule has 0 bridgehead atoms. The standard InChI is InChI=1S/C16H21BrClNO4/c1-15(2,3)23-14(22)19-16(4,13(20)21)8-7-10-5-6-11(17)9-12(10)18/h5-6,9H,7-8H2,1-4H3,(H,19,22)(H,20,21)/t16-/m0/s1. The van der Waals surface area contributed by atoms with Gasteiger partial charge in [-0.25, -0.2) is 9.59 Å². The molecule has 1 amide bonds. The van der Waals surface area contributed by atoms with Gasteiger partial charge in [0.15, 0.2) is 0 Å². The van der Waals surface area contributed by atoms with Crippen molar-refractivity contribution in [2.45, 2.75) is 51.7 Å². The number of amides is 1. The molecule has 7 heteroatoms. The molecular weight excluding hydrogens is 386 g/mol. The summed E-state index contributed by atoms with van der Waals surface area (Å²) in [6, 6.07) is 5.40. The van der Waals surface area contributed by atoms with Crippen molar-refractivity contribution in [3.8, 4) is 0 Å². The monoisotopic (exact) mass is 405 g/mol. The number of alkyl carbamates (subject to hydrolysis) is 1. The smallest absolute Gasteiger partial charge is 0.408 e. The molecule has 0 aliphatic carbocycles. The van der Waals surface area contributed by atoms with Crippen molar-refractivity contribution < 1.29 is 19.4 Å². The lowest BCUT2D eigenvalue weighted by Crippen LogP contribution is -2.53. The number of carbonyl (C=O) groups is 2. The molecule has 0 heterocycles. The van der Waals surface area contributed by atoms with E-state index in [1.807, 2.05) is 12.1 Å². The molecule has 5 nitrogen and oxygen atoms in total. The first-order chi connectivity index (χ1) is 10.4. The maximum Gasteiger partial charge on any atom is 0.408 e. The van der Waals surface area contributed by atoms with Crippen LogP contribution < -0.4 is 5.32 Å². The van der Waals surface area contributed by atoms with Gasteiger partial charge in [-0.1, -0.05) is 33.6 Å². The molecule has 0 fully saturated rings. The third kappa shape index (κ3) is 6.39. The molecule has 0 radical (unpaired) electrons. The Morgan fingerprint density at radius 1 is 1.30 bits per heavy atom. The highest BCUT2D eigenvalue weighted by Gasteiger charge is 2.36. The van der Waals surface area contributed by atoms with Gasteiger partial charge in [0.1, 0.15) is 11.1 Å². The number of rotatable bonds is 5. The molecule has 0 aliphatic rings. The lowest BCUT2D eigenvalue weighted by molar-refractivity contribution is -0.144. The summed E-state index contributed by atoms with van der Waals surface area (Å²) in [5.41, 5.74) is -1.33. The van der Waals surface area contributed by atoms with Crippen molar-refractivity contribution >= 4 is 39.6 Å². The van der Waals surface area contributed by atoms with Crippen LogP contribution in [0.2, 0.25) is 5.02 Å². The molecule has 1 aromatic carbocycles. The normalized spacial score (nSPS) is 14.0. The summed E-state index contributed by atoms with van der Waals surface area (Å²) in [5.74, 6) is -1.13. The molecular formula is C16H21BrClNO4. The zero-order valence-corrected chi connectivity index (χ0v) is 15.9. The second-order valence-corrected chi connectivity index (χ2v) is 7.82. The van der Waals surface area contributed by atoms with Gasteiger partial charge in [-0.15, -0.1) is 0 Å². The van der Waals surface area contributed by atoms with Crippen LogP contribution in [0, 0.1) is 0 Å². The quantitative estimate of drug-likeness (QED) is 0.760. The number of ether oxygens (including phenoxy) is 1. The minimum absolute atomic E-state index is 0.183. The third-order valence-electron chi connectivity index (χ3n) is 3.16. The fourth-order valence-electron chi connectivity index (χ4n) is 1.86. The fraction of sp³-hybridized carbons (Fsp3) is 0.500. The minimum Gasteiger partial charge on any atom is -0.480 e. The molecule has 0 saturated heterocycles. The number of benzene rings is 1. The average Bonchev–Trinajstić information content (AvgIpc) is 2.34. The number of carboxylic acid groups (broad SMARTS) is 1. The Labute approximate surface area is 149 Å². The Morgan fingerprint density at radius 3 is 2.39 bits per heavy atom. The summed E-state index contributed by atoms with van der Waals surface area (Å²) in [6.45, 7) is 6.59. The van der Waals surface area contributed by atoms with E-state index in [9.17, 15) is 14.7 Å². The fourth-order valence-corrected chi connectivity index (χ4v) is 2.63. The molecule has 0 spiro atoms. The molecule has 1 atom stereocenters. The van der Waals surface area contributed by atoms with Crippen molar-refractivity contribution in [1.29, 1.82) is 0 Å². The van der Waals surface area contributed by atoms with Crippen molar-refractivity contribution in [2.75, 3.05) is 0 Å². The number of halogens is 2. The van der Waals surface area contributed by atoms with E-state index < -0.39 is 23.2 Å². The molecule has 1 rings (SSSR count). The Bertz CT molecular complexity index is 600. The summed E-state index contributed by atoms with van der Waals surface area (Å²) >= 11 is 9.46. The first-order valence-corrected chi connectivity index (χ1v) is 8.28. The van der Waals surface area contributed by atoms with Crippen LogP contribution in [0.5, 0.6) is 0 Å². The van der Waals surface area contributed by atoms with Crippen molar-refractivity contribution in [2.24, 2.45) is 0 Å². The van der Waals surface area contributed by atoms with E-state index >= 15 is 0 Å². The number of aliphatic carboxylic acids is 1. The zero-order valence-electron chi connectivity index (χ0n) is 13.6. The van der Waals surface area contributed by atoms with Gasteiger partial charge < -0.3 is 15.2 Å². The van der Waals surface area contributed by atoms with Crippen LogP contribution in [-0.4, -0.2) is 28.3 Å². The van der Waals surface area contributed by atoms with Crippen LogP contribution in [-0.2, 0) is 16.0 Å². The van der Waals surface area contributed by atoms with Crippen LogP contribution in [0.1, 0.15) is 39.7 Å². The van der Waals surface area contributed by atoms with Gasteiger partial charge in [0, 0.05) is 9.50 Å². The number of carboxylic acids is 1. The Kier molecular flexibility index (Phi) is 6.48. The Morgan fingerprint density at radius 2 is 1.91 bits per heavy atom. The molecule has 0 unspecified atom stereocenters. The van der Waals surface area contributed by atoms with Crippen LogP contribution >= 0.6 is 27.5 Å². The van der Waals surface area contributed by atoms with E-state index in [1.54, 1.807) is 26.8 Å². The maximum absolute atomic E-state index is 11.9. The molecule has 23 heavy (non-hydrogen) atoms. The summed E-state index contributed by atoms with van der Waals surface area (Å²) in [4.78, 5) is 23.4. The van der Waals surface area contributed by atoms with E-state index in [-0.39, 0.29) is 6.42 Å². The number of carbonyl (C=O) groups excluding carboxylic acids is 1. The number of hydrogen-bond donors (Lipinski definition) is 2. The first-order valence-electron chi connectivity index (χ1n) is 7.11.